The molecule has 27 heavy (non-hydrogen) atoms. The molecule has 3 aromatic rings. The van der Waals surface area contributed by atoms with E-state index in [1.165, 1.54) is 4.70 Å². The van der Waals surface area contributed by atoms with E-state index in [1.807, 2.05) is 35.2 Å². The van der Waals surface area contributed by atoms with Crippen molar-refractivity contribution in [2.24, 2.45) is 0 Å². The molecule has 1 amide bonds. The van der Waals surface area contributed by atoms with Gasteiger partial charge in [-0.3, -0.25) is 9.69 Å². The summed E-state index contributed by atoms with van der Waals surface area (Å²) >= 11 is 1.76. The van der Waals surface area contributed by atoms with Gasteiger partial charge in [0.15, 0.2) is 0 Å². The Morgan fingerprint density at radius 3 is 2.70 bits per heavy atom. The van der Waals surface area contributed by atoms with Crippen molar-refractivity contribution in [1.82, 2.24) is 14.8 Å². The molecule has 0 saturated carbocycles. The van der Waals surface area contributed by atoms with Gasteiger partial charge in [0.25, 0.3) is 0 Å². The van der Waals surface area contributed by atoms with Crippen molar-refractivity contribution >= 4 is 27.5 Å². The molecule has 0 spiro atoms. The number of carbonyl (C=O) groups excluding carboxylic acids is 1. The van der Waals surface area contributed by atoms with Crippen LogP contribution in [-0.4, -0.2) is 54.0 Å². The van der Waals surface area contributed by atoms with Gasteiger partial charge >= 0.3 is 0 Å². The largest absolute Gasteiger partial charge is 0.497 e. The first-order chi connectivity index (χ1) is 13.2. The van der Waals surface area contributed by atoms with Crippen molar-refractivity contribution in [2.75, 3.05) is 33.3 Å². The van der Waals surface area contributed by atoms with Crippen LogP contribution in [0.3, 0.4) is 0 Å². The first kappa shape index (κ1) is 17.9. The van der Waals surface area contributed by atoms with E-state index in [0.29, 0.717) is 6.42 Å². The number of nitrogens with zero attached hydrogens (tertiary/aromatic N) is 3. The highest BCUT2D eigenvalue weighted by atomic mass is 32.1. The monoisotopic (exact) mass is 381 g/mol. The van der Waals surface area contributed by atoms with Gasteiger partial charge in [-0.25, -0.2) is 4.98 Å². The molecule has 5 nitrogen and oxygen atoms in total. The minimum Gasteiger partial charge on any atom is -0.497 e. The Morgan fingerprint density at radius 2 is 1.93 bits per heavy atom. The molecule has 1 aliphatic rings. The fourth-order valence-corrected chi connectivity index (χ4v) is 4.41. The third-order valence-corrected chi connectivity index (χ3v) is 5.93. The van der Waals surface area contributed by atoms with Gasteiger partial charge in [-0.05, 0) is 29.8 Å². The molecular weight excluding hydrogens is 358 g/mol. The number of carbonyl (C=O) groups is 1. The van der Waals surface area contributed by atoms with Crippen molar-refractivity contribution < 1.29 is 9.53 Å². The van der Waals surface area contributed by atoms with Crippen molar-refractivity contribution in [3.8, 4) is 5.75 Å². The molecule has 0 aliphatic carbocycles. The van der Waals surface area contributed by atoms with E-state index in [2.05, 4.69) is 23.1 Å². The van der Waals surface area contributed by atoms with Crippen molar-refractivity contribution in [2.45, 2.75) is 13.0 Å². The highest BCUT2D eigenvalue weighted by Gasteiger charge is 2.22. The van der Waals surface area contributed by atoms with E-state index < -0.39 is 0 Å². The molecule has 4 rings (SSSR count). The molecule has 1 fully saturated rings. The Balaban J connectivity index is 1.30. The first-order valence-corrected chi connectivity index (χ1v) is 10.0. The van der Waals surface area contributed by atoms with Crippen LogP contribution in [0.5, 0.6) is 5.75 Å². The zero-order valence-electron chi connectivity index (χ0n) is 15.4. The van der Waals surface area contributed by atoms with Crippen LogP contribution in [0.15, 0.2) is 48.5 Å². The lowest BCUT2D eigenvalue weighted by Crippen LogP contribution is -2.48. The number of aromatic nitrogens is 1. The molecular formula is C21H23N3O2S. The fourth-order valence-electron chi connectivity index (χ4n) is 3.40. The van der Waals surface area contributed by atoms with Crippen LogP contribution < -0.4 is 4.74 Å². The lowest BCUT2D eigenvalue weighted by molar-refractivity contribution is -0.132. The third-order valence-electron chi connectivity index (χ3n) is 4.91. The minimum absolute atomic E-state index is 0.183. The van der Waals surface area contributed by atoms with Crippen LogP contribution in [0.25, 0.3) is 10.2 Å². The quantitative estimate of drug-likeness (QED) is 0.681. The van der Waals surface area contributed by atoms with E-state index in [9.17, 15) is 4.79 Å². The topological polar surface area (TPSA) is 45.7 Å². The predicted octanol–water partition coefficient (Wildman–Crippen LogP) is 3.19. The molecule has 2 heterocycles. The second-order valence-electron chi connectivity index (χ2n) is 6.76. The number of para-hydroxylation sites is 1. The van der Waals surface area contributed by atoms with Gasteiger partial charge in [-0.2, -0.15) is 0 Å². The number of amides is 1. The summed E-state index contributed by atoms with van der Waals surface area (Å²) in [7, 11) is 1.64. The lowest BCUT2D eigenvalue weighted by Gasteiger charge is -2.34. The number of hydrogen-bond acceptors (Lipinski definition) is 5. The standard InChI is InChI=1S/C21H23N3O2S/c1-26-17-6-4-5-16(13-17)14-21(25)24-11-9-23(10-12-24)15-20-22-18-7-2-3-8-19(18)27-20/h2-8,13H,9-12,14-15H2,1H3. The summed E-state index contributed by atoms with van der Waals surface area (Å²) in [6.07, 6.45) is 0.426. The molecule has 0 atom stereocenters. The lowest BCUT2D eigenvalue weighted by atomic mass is 10.1. The summed E-state index contributed by atoms with van der Waals surface area (Å²) in [5, 5.41) is 1.15. The van der Waals surface area contributed by atoms with Crippen LogP contribution in [0.4, 0.5) is 0 Å². The Kier molecular flexibility index (Phi) is 5.36. The Labute approximate surface area is 163 Å². The maximum atomic E-state index is 12.6. The van der Waals surface area contributed by atoms with Crippen molar-refractivity contribution in [3.63, 3.8) is 0 Å². The van der Waals surface area contributed by atoms with E-state index in [0.717, 1.165) is 54.6 Å². The summed E-state index contributed by atoms with van der Waals surface area (Å²) in [5.74, 6) is 0.976. The molecule has 0 N–H and O–H groups in total. The summed E-state index contributed by atoms with van der Waals surface area (Å²) in [6, 6.07) is 16.0. The number of rotatable bonds is 5. The maximum Gasteiger partial charge on any atom is 0.227 e. The van der Waals surface area contributed by atoms with Gasteiger partial charge in [-0.1, -0.05) is 24.3 Å². The zero-order chi connectivity index (χ0) is 18.6. The van der Waals surface area contributed by atoms with E-state index >= 15 is 0 Å². The number of hydrogen-bond donors (Lipinski definition) is 0. The van der Waals surface area contributed by atoms with E-state index in [-0.39, 0.29) is 5.91 Å². The van der Waals surface area contributed by atoms with E-state index in [1.54, 1.807) is 18.4 Å². The van der Waals surface area contributed by atoms with Gasteiger partial charge in [0.1, 0.15) is 10.8 Å². The normalized spacial score (nSPS) is 15.2. The summed E-state index contributed by atoms with van der Waals surface area (Å²) in [6.45, 7) is 4.18. The van der Waals surface area contributed by atoms with Crippen LogP contribution in [0.2, 0.25) is 0 Å². The minimum atomic E-state index is 0.183. The second kappa shape index (κ2) is 8.06. The highest BCUT2D eigenvalue weighted by Crippen LogP contribution is 2.23. The van der Waals surface area contributed by atoms with Gasteiger partial charge in [-0.15, -0.1) is 11.3 Å². The number of ether oxygens (including phenoxy) is 1. The Hall–Kier alpha value is -2.44. The maximum absolute atomic E-state index is 12.6. The number of thiazole rings is 1. The van der Waals surface area contributed by atoms with Crippen molar-refractivity contribution in [3.05, 3.63) is 59.1 Å². The number of methoxy groups -OCH3 is 1. The van der Waals surface area contributed by atoms with Gasteiger partial charge in [0.05, 0.1) is 30.3 Å². The van der Waals surface area contributed by atoms with Crippen LogP contribution in [-0.2, 0) is 17.8 Å². The Bertz CT molecular complexity index is 899. The molecule has 140 valence electrons. The first-order valence-electron chi connectivity index (χ1n) is 9.19. The van der Waals surface area contributed by atoms with Crippen LogP contribution in [0, 0.1) is 0 Å². The SMILES string of the molecule is COc1cccc(CC(=O)N2CCN(Cc3nc4ccccc4s3)CC2)c1. The van der Waals surface area contributed by atoms with Gasteiger partial charge in [0.2, 0.25) is 5.91 Å². The summed E-state index contributed by atoms with van der Waals surface area (Å²) in [5.41, 5.74) is 2.07. The molecule has 1 aliphatic heterocycles. The van der Waals surface area contributed by atoms with Crippen LogP contribution in [0.1, 0.15) is 10.6 Å². The Morgan fingerprint density at radius 1 is 1.11 bits per heavy atom. The summed E-state index contributed by atoms with van der Waals surface area (Å²) in [4.78, 5) is 21.7. The molecule has 2 aromatic carbocycles. The molecule has 0 unspecified atom stereocenters. The smallest absolute Gasteiger partial charge is 0.227 e. The zero-order valence-corrected chi connectivity index (χ0v) is 16.2. The molecule has 1 aromatic heterocycles. The third kappa shape index (κ3) is 4.28. The number of benzene rings is 2. The molecule has 0 radical (unpaired) electrons. The highest BCUT2D eigenvalue weighted by molar-refractivity contribution is 7.18. The van der Waals surface area contributed by atoms with Gasteiger partial charge < -0.3 is 9.64 Å². The summed E-state index contributed by atoms with van der Waals surface area (Å²) < 4.78 is 6.47. The second-order valence-corrected chi connectivity index (χ2v) is 7.88. The average Bonchev–Trinajstić information content (AvgIpc) is 3.11. The predicted molar refractivity (Wildman–Crippen MR) is 108 cm³/mol. The molecule has 0 bridgehead atoms. The van der Waals surface area contributed by atoms with Crippen molar-refractivity contribution in [1.29, 1.82) is 0 Å². The number of fused-ring (bicyclic) bond motifs is 1. The molecule has 6 heteroatoms. The molecule has 1 saturated heterocycles. The number of piperazine rings is 1. The van der Waals surface area contributed by atoms with Gasteiger partial charge in [0, 0.05) is 26.2 Å². The fraction of sp³-hybridized carbons (Fsp3) is 0.333. The average molecular weight is 382 g/mol. The van der Waals surface area contributed by atoms with Crippen LogP contribution >= 0.6 is 11.3 Å². The van der Waals surface area contributed by atoms with E-state index in [4.69, 9.17) is 9.72 Å².